The van der Waals surface area contributed by atoms with E-state index in [1.54, 1.807) is 0 Å². The van der Waals surface area contributed by atoms with Gasteiger partial charge in [0.2, 0.25) is 0 Å². The maximum absolute atomic E-state index is 11.4. The quantitative estimate of drug-likeness (QED) is 0.542. The van der Waals surface area contributed by atoms with Crippen LogP contribution in [0.2, 0.25) is 0 Å². The number of esters is 2. The van der Waals surface area contributed by atoms with Crippen LogP contribution in [0.1, 0.15) is 13.8 Å². The van der Waals surface area contributed by atoms with Gasteiger partial charge >= 0.3 is 11.9 Å². The third kappa shape index (κ3) is 6.95. The second-order valence-electron chi connectivity index (χ2n) is 4.73. The van der Waals surface area contributed by atoms with Crippen LogP contribution in [0, 0.1) is 5.92 Å². The summed E-state index contributed by atoms with van der Waals surface area (Å²) in [5.74, 6) is -1.14. The number of rotatable bonds is 6. The smallest absolute Gasteiger partial charge is 0.331 e. The van der Waals surface area contributed by atoms with Crippen molar-refractivity contribution in [1.29, 1.82) is 0 Å². The van der Waals surface area contributed by atoms with Crippen molar-refractivity contribution < 1.29 is 23.9 Å². The molecule has 0 saturated heterocycles. The highest BCUT2D eigenvalue weighted by molar-refractivity contribution is 5.92. The van der Waals surface area contributed by atoms with Crippen LogP contribution in [0.15, 0.2) is 36.3 Å². The first kappa shape index (κ1) is 16.5. The summed E-state index contributed by atoms with van der Waals surface area (Å²) < 4.78 is 9.72. The van der Waals surface area contributed by atoms with E-state index >= 15 is 0 Å². The third-order valence-electron chi connectivity index (χ3n) is 2.18. The molecule has 1 rings (SSSR count). The van der Waals surface area contributed by atoms with Gasteiger partial charge in [-0.2, -0.15) is 0 Å². The minimum absolute atomic E-state index is 0.128. The Morgan fingerprint density at radius 3 is 2.43 bits per heavy atom. The molecule has 7 nitrogen and oxygen atoms in total. The first-order chi connectivity index (χ1) is 9.86. The number of amides is 1. The molecule has 1 amide bonds. The van der Waals surface area contributed by atoms with Gasteiger partial charge in [-0.3, -0.25) is 4.79 Å². The molecule has 0 atom stereocenters. The molecule has 0 aromatic carbocycles. The second-order valence-corrected chi connectivity index (χ2v) is 4.73. The van der Waals surface area contributed by atoms with E-state index in [0.717, 1.165) is 12.2 Å². The Morgan fingerprint density at radius 2 is 1.86 bits per heavy atom. The highest BCUT2D eigenvalue weighted by Crippen LogP contribution is 2.00. The van der Waals surface area contributed by atoms with Crippen molar-refractivity contribution in [3.8, 4) is 0 Å². The summed E-state index contributed by atoms with van der Waals surface area (Å²) >= 11 is 0. The van der Waals surface area contributed by atoms with Crippen molar-refractivity contribution in [1.82, 2.24) is 10.6 Å². The maximum Gasteiger partial charge on any atom is 0.331 e. The molecule has 0 aromatic rings. The van der Waals surface area contributed by atoms with Gasteiger partial charge in [-0.25, -0.2) is 9.59 Å². The molecule has 0 spiro atoms. The molecule has 0 aliphatic carbocycles. The first-order valence-electron chi connectivity index (χ1n) is 6.36. The van der Waals surface area contributed by atoms with E-state index in [1.165, 1.54) is 6.08 Å². The van der Waals surface area contributed by atoms with Crippen LogP contribution < -0.4 is 10.6 Å². The minimum Gasteiger partial charge on any atom is -0.462 e. The Bertz CT molecular complexity index is 505. The number of ether oxygens (including phenoxy) is 2. The number of carbonyl (C=O) groups is 3. The van der Waals surface area contributed by atoms with Crippen molar-refractivity contribution in [2.24, 2.45) is 5.92 Å². The summed E-state index contributed by atoms with van der Waals surface area (Å²) in [5, 5.41) is 5.16. The molecule has 0 unspecified atom stereocenters. The Balaban J connectivity index is 2.35. The Labute approximate surface area is 122 Å². The fourth-order valence-corrected chi connectivity index (χ4v) is 1.31. The number of carbonyl (C=O) groups excluding carboxylic acids is 3. The van der Waals surface area contributed by atoms with Crippen molar-refractivity contribution in [2.45, 2.75) is 13.8 Å². The lowest BCUT2D eigenvalue weighted by molar-refractivity contribution is -0.140. The molecule has 7 heteroatoms. The van der Waals surface area contributed by atoms with Crippen LogP contribution in [0.3, 0.4) is 0 Å². The Hall–Kier alpha value is -2.57. The van der Waals surface area contributed by atoms with Gasteiger partial charge in [-0.1, -0.05) is 20.4 Å². The number of nitrogens with one attached hydrogen (secondary N) is 2. The zero-order chi connectivity index (χ0) is 15.8. The highest BCUT2D eigenvalue weighted by atomic mass is 16.5. The molecule has 21 heavy (non-hydrogen) atoms. The van der Waals surface area contributed by atoms with Gasteiger partial charge in [0.05, 0.1) is 12.3 Å². The van der Waals surface area contributed by atoms with Crippen LogP contribution in [-0.4, -0.2) is 31.1 Å². The van der Waals surface area contributed by atoms with Crippen LogP contribution in [-0.2, 0) is 23.9 Å². The predicted molar refractivity (Wildman–Crippen MR) is 74.4 cm³/mol. The average molecular weight is 294 g/mol. The van der Waals surface area contributed by atoms with Gasteiger partial charge in [0.15, 0.2) is 0 Å². The first-order valence-corrected chi connectivity index (χ1v) is 6.36. The summed E-state index contributed by atoms with van der Waals surface area (Å²) in [5.41, 5.74) is 0.396. The number of hydrogen-bond donors (Lipinski definition) is 2. The van der Waals surface area contributed by atoms with Crippen LogP contribution in [0.5, 0.6) is 0 Å². The maximum atomic E-state index is 11.4. The molecular weight excluding hydrogens is 276 g/mol. The lowest BCUT2D eigenvalue weighted by atomic mass is 10.2. The molecule has 1 heterocycles. The van der Waals surface area contributed by atoms with Crippen LogP contribution in [0.25, 0.3) is 0 Å². The lowest BCUT2D eigenvalue weighted by Crippen LogP contribution is -2.36. The normalized spacial score (nSPS) is 14.5. The molecule has 1 aliphatic rings. The zero-order valence-electron chi connectivity index (χ0n) is 12.0. The molecule has 2 N–H and O–H groups in total. The molecule has 0 saturated carbocycles. The SMILES string of the molecule is C=C1NC(=O)C=C(COC(=O)/C=C/C(=O)OCC(C)C)N1. The minimum atomic E-state index is -0.712. The van der Waals surface area contributed by atoms with Gasteiger partial charge in [-0.05, 0) is 5.92 Å². The fourth-order valence-electron chi connectivity index (χ4n) is 1.31. The summed E-state index contributed by atoms with van der Waals surface area (Å²) in [6, 6.07) is 0. The van der Waals surface area contributed by atoms with E-state index in [2.05, 4.69) is 17.2 Å². The van der Waals surface area contributed by atoms with E-state index in [9.17, 15) is 14.4 Å². The zero-order valence-corrected chi connectivity index (χ0v) is 12.0. The Kier molecular flexibility index (Phi) is 6.19. The van der Waals surface area contributed by atoms with Gasteiger partial charge in [0.25, 0.3) is 5.91 Å². The topological polar surface area (TPSA) is 93.7 Å². The largest absolute Gasteiger partial charge is 0.462 e. The summed E-state index contributed by atoms with van der Waals surface area (Å²) in [4.78, 5) is 33.8. The molecule has 0 fully saturated rings. The molecular formula is C14H18N2O5. The molecule has 0 radical (unpaired) electrons. The van der Waals surface area contributed by atoms with E-state index in [0.29, 0.717) is 11.5 Å². The summed E-state index contributed by atoms with van der Waals surface area (Å²) in [6.07, 6.45) is 3.22. The fraction of sp³-hybridized carbons (Fsp3) is 0.357. The second kappa shape index (κ2) is 7.88. The van der Waals surface area contributed by atoms with E-state index in [1.807, 2.05) is 13.8 Å². The standard InChI is InChI=1S/C14H18N2O5/c1-9(2)7-20-13(18)4-5-14(19)21-8-11-6-12(17)16-10(3)15-11/h4-6,9,15H,3,7-8H2,1-2H3,(H,16,17)/b5-4+. The van der Waals surface area contributed by atoms with E-state index in [4.69, 9.17) is 9.47 Å². The van der Waals surface area contributed by atoms with E-state index < -0.39 is 11.9 Å². The van der Waals surface area contributed by atoms with Gasteiger partial charge < -0.3 is 20.1 Å². The van der Waals surface area contributed by atoms with E-state index in [-0.39, 0.29) is 25.0 Å². The van der Waals surface area contributed by atoms with Gasteiger partial charge in [0.1, 0.15) is 12.4 Å². The number of hydrogen-bond acceptors (Lipinski definition) is 6. The summed E-state index contributed by atoms with van der Waals surface area (Å²) in [6.45, 7) is 7.50. The monoisotopic (exact) mass is 294 g/mol. The lowest BCUT2D eigenvalue weighted by Gasteiger charge is -2.17. The van der Waals surface area contributed by atoms with Crippen LogP contribution >= 0.6 is 0 Å². The molecule has 1 aliphatic heterocycles. The van der Waals surface area contributed by atoms with Gasteiger partial charge in [0, 0.05) is 18.2 Å². The summed E-state index contributed by atoms with van der Waals surface area (Å²) in [7, 11) is 0. The average Bonchev–Trinajstić information content (AvgIpc) is 2.39. The molecule has 114 valence electrons. The third-order valence-corrected chi connectivity index (χ3v) is 2.18. The van der Waals surface area contributed by atoms with Crippen LogP contribution in [0.4, 0.5) is 0 Å². The highest BCUT2D eigenvalue weighted by Gasteiger charge is 2.12. The Morgan fingerprint density at radius 1 is 1.24 bits per heavy atom. The predicted octanol–water partition coefficient (Wildman–Crippen LogP) is 0.359. The van der Waals surface area contributed by atoms with Crippen molar-refractivity contribution in [3.05, 3.63) is 36.3 Å². The molecule has 0 bridgehead atoms. The molecule has 0 aromatic heterocycles. The van der Waals surface area contributed by atoms with Crippen molar-refractivity contribution in [3.63, 3.8) is 0 Å². The van der Waals surface area contributed by atoms with Gasteiger partial charge in [-0.15, -0.1) is 0 Å². The van der Waals surface area contributed by atoms with Crippen molar-refractivity contribution >= 4 is 17.8 Å². The van der Waals surface area contributed by atoms with Crippen molar-refractivity contribution in [2.75, 3.05) is 13.2 Å².